The fraction of sp³-hybridized carbons (Fsp3) is 0.0476. The number of amides is 2. The lowest BCUT2D eigenvalue weighted by Crippen LogP contribution is -2.20. The molecule has 0 bridgehead atoms. The lowest BCUT2D eigenvalue weighted by atomic mass is 10.0. The average molecular weight is 360 g/mol. The number of benzene rings is 3. The Kier molecular flexibility index (Phi) is 4.30. The lowest BCUT2D eigenvalue weighted by molar-refractivity contribution is 0.262. The van der Waals surface area contributed by atoms with E-state index in [1.165, 1.54) is 6.07 Å². The number of hydrogen-bond acceptors (Lipinski definition) is 2. The van der Waals surface area contributed by atoms with E-state index >= 15 is 0 Å². The number of halogens is 1. The summed E-state index contributed by atoms with van der Waals surface area (Å²) in [7, 11) is 0. The summed E-state index contributed by atoms with van der Waals surface area (Å²) >= 11 is 0. The minimum atomic E-state index is -0.497. The third kappa shape index (κ3) is 3.50. The van der Waals surface area contributed by atoms with Crippen molar-refractivity contribution in [1.82, 2.24) is 10.2 Å². The summed E-state index contributed by atoms with van der Waals surface area (Å²) < 4.78 is 13.8. The Morgan fingerprint density at radius 1 is 1.04 bits per heavy atom. The molecule has 6 heteroatoms. The van der Waals surface area contributed by atoms with Crippen molar-refractivity contribution in [3.05, 3.63) is 78.2 Å². The first-order valence-corrected chi connectivity index (χ1v) is 8.47. The van der Waals surface area contributed by atoms with Gasteiger partial charge in [-0.2, -0.15) is 5.10 Å². The molecule has 0 saturated carbocycles. The zero-order chi connectivity index (χ0) is 18.8. The number of urea groups is 1. The van der Waals surface area contributed by atoms with Gasteiger partial charge in [-0.3, -0.25) is 5.10 Å². The van der Waals surface area contributed by atoms with Crippen molar-refractivity contribution >= 4 is 28.3 Å². The zero-order valence-electron chi connectivity index (χ0n) is 14.6. The maximum Gasteiger partial charge on any atom is 0.323 e. The van der Waals surface area contributed by atoms with Crippen molar-refractivity contribution < 1.29 is 9.18 Å². The maximum atomic E-state index is 13.8. The molecule has 0 radical (unpaired) electrons. The van der Waals surface area contributed by atoms with Gasteiger partial charge in [-0.15, -0.1) is 0 Å². The number of nitrogens with one attached hydrogen (secondary N) is 3. The first-order valence-electron chi connectivity index (χ1n) is 8.47. The van der Waals surface area contributed by atoms with Crippen LogP contribution in [-0.2, 0) is 0 Å². The van der Waals surface area contributed by atoms with E-state index in [0.29, 0.717) is 5.69 Å². The van der Waals surface area contributed by atoms with Crippen LogP contribution in [0.15, 0.2) is 66.9 Å². The Morgan fingerprint density at radius 3 is 2.67 bits per heavy atom. The molecule has 0 saturated heterocycles. The summed E-state index contributed by atoms with van der Waals surface area (Å²) in [4.78, 5) is 12.1. The van der Waals surface area contributed by atoms with Gasteiger partial charge in [0.05, 0.1) is 17.4 Å². The Hall–Kier alpha value is -3.67. The number of aromatic amines is 1. The number of H-pyrrole nitrogens is 1. The molecule has 3 aromatic carbocycles. The number of anilines is 2. The Labute approximate surface area is 155 Å². The molecule has 0 aliphatic rings. The normalized spacial score (nSPS) is 10.7. The van der Waals surface area contributed by atoms with Gasteiger partial charge >= 0.3 is 6.03 Å². The highest BCUT2D eigenvalue weighted by Crippen LogP contribution is 2.28. The summed E-state index contributed by atoms with van der Waals surface area (Å²) in [5.41, 5.74) is 4.62. The van der Waals surface area contributed by atoms with Crippen molar-refractivity contribution in [2.75, 3.05) is 10.6 Å². The number of rotatable bonds is 3. The standard InChI is InChI=1S/C21H17FN4O/c1-13-5-10-18(22)19(11-13)25-21(27)24-16-8-6-14(7-9-16)17-4-2-3-15-12-23-26-20(15)17/h2-12H,1H3,(H,23,26)(H2,24,25,27). The molecule has 0 atom stereocenters. The van der Waals surface area contributed by atoms with Crippen molar-refractivity contribution in [1.29, 1.82) is 0 Å². The first-order chi connectivity index (χ1) is 13.1. The second kappa shape index (κ2) is 6.92. The van der Waals surface area contributed by atoms with E-state index in [2.05, 4.69) is 20.8 Å². The number of aromatic nitrogens is 2. The summed E-state index contributed by atoms with van der Waals surface area (Å²) in [6.45, 7) is 1.83. The average Bonchev–Trinajstić information content (AvgIpc) is 3.14. The van der Waals surface area contributed by atoms with Gasteiger partial charge in [0.25, 0.3) is 0 Å². The maximum absolute atomic E-state index is 13.8. The van der Waals surface area contributed by atoms with Crippen molar-refractivity contribution in [3.8, 4) is 11.1 Å². The number of aryl methyl sites for hydroxylation is 1. The highest BCUT2D eigenvalue weighted by Gasteiger charge is 2.09. The van der Waals surface area contributed by atoms with Gasteiger partial charge < -0.3 is 10.6 Å². The van der Waals surface area contributed by atoms with E-state index in [9.17, 15) is 9.18 Å². The molecule has 1 aromatic heterocycles. The summed E-state index contributed by atoms with van der Waals surface area (Å²) in [6.07, 6.45) is 1.78. The van der Waals surface area contributed by atoms with Gasteiger partial charge in [-0.1, -0.05) is 36.4 Å². The Morgan fingerprint density at radius 2 is 1.85 bits per heavy atom. The number of fused-ring (bicyclic) bond motifs is 1. The predicted octanol–water partition coefficient (Wildman–Crippen LogP) is 5.32. The SMILES string of the molecule is Cc1ccc(F)c(NC(=O)Nc2ccc(-c3cccc4cn[nH]c34)cc2)c1. The topological polar surface area (TPSA) is 69.8 Å². The largest absolute Gasteiger partial charge is 0.323 e. The minimum Gasteiger partial charge on any atom is -0.308 e. The molecule has 0 aliphatic heterocycles. The van der Waals surface area contributed by atoms with Crippen molar-refractivity contribution in [2.24, 2.45) is 0 Å². The molecule has 27 heavy (non-hydrogen) atoms. The zero-order valence-corrected chi connectivity index (χ0v) is 14.6. The Balaban J connectivity index is 1.50. The summed E-state index contributed by atoms with van der Waals surface area (Å²) in [6, 6.07) is 17.5. The molecule has 0 aliphatic carbocycles. The van der Waals surface area contributed by atoms with E-state index in [1.807, 2.05) is 37.3 Å². The van der Waals surface area contributed by atoms with Crippen LogP contribution in [0.5, 0.6) is 0 Å². The fourth-order valence-corrected chi connectivity index (χ4v) is 2.96. The van der Waals surface area contributed by atoms with Gasteiger partial charge in [0, 0.05) is 16.6 Å². The first kappa shape index (κ1) is 16.8. The van der Waals surface area contributed by atoms with Crippen LogP contribution >= 0.6 is 0 Å². The number of para-hydroxylation sites is 1. The van der Waals surface area contributed by atoms with E-state index in [4.69, 9.17) is 0 Å². The van der Waals surface area contributed by atoms with E-state index in [1.54, 1.807) is 30.5 Å². The van der Waals surface area contributed by atoms with E-state index < -0.39 is 11.8 Å². The quantitative estimate of drug-likeness (QED) is 0.463. The molecule has 0 unspecified atom stereocenters. The number of nitrogens with zero attached hydrogens (tertiary/aromatic N) is 1. The second-order valence-electron chi connectivity index (χ2n) is 6.28. The van der Waals surface area contributed by atoms with Gasteiger partial charge in [-0.25, -0.2) is 9.18 Å². The van der Waals surface area contributed by atoms with Crippen molar-refractivity contribution in [2.45, 2.75) is 6.92 Å². The number of carbonyl (C=O) groups is 1. The van der Waals surface area contributed by atoms with E-state index in [-0.39, 0.29) is 5.69 Å². The van der Waals surface area contributed by atoms with Gasteiger partial charge in [0.15, 0.2) is 0 Å². The van der Waals surface area contributed by atoms with Crippen LogP contribution in [0, 0.1) is 12.7 Å². The summed E-state index contributed by atoms with van der Waals surface area (Å²) in [5, 5.41) is 13.4. The smallest absolute Gasteiger partial charge is 0.308 e. The number of carbonyl (C=O) groups excluding carboxylic acids is 1. The van der Waals surface area contributed by atoms with Crippen LogP contribution in [-0.4, -0.2) is 16.2 Å². The molecule has 2 amide bonds. The van der Waals surface area contributed by atoms with Crippen molar-refractivity contribution in [3.63, 3.8) is 0 Å². The van der Waals surface area contributed by atoms with Crippen LogP contribution in [0.1, 0.15) is 5.56 Å². The molecule has 134 valence electrons. The molecule has 1 heterocycles. The second-order valence-corrected chi connectivity index (χ2v) is 6.28. The molecule has 5 nitrogen and oxygen atoms in total. The minimum absolute atomic E-state index is 0.148. The van der Waals surface area contributed by atoms with Crippen LogP contribution < -0.4 is 10.6 Å². The third-order valence-corrected chi connectivity index (χ3v) is 4.30. The molecular formula is C21H17FN4O. The van der Waals surface area contributed by atoms with Gasteiger partial charge in [0.1, 0.15) is 5.82 Å². The highest BCUT2D eigenvalue weighted by molar-refractivity contribution is 6.00. The molecule has 4 rings (SSSR count). The van der Waals surface area contributed by atoms with Gasteiger partial charge in [0.2, 0.25) is 0 Å². The molecule has 0 spiro atoms. The monoisotopic (exact) mass is 360 g/mol. The van der Waals surface area contributed by atoms with Gasteiger partial charge in [-0.05, 0) is 42.3 Å². The van der Waals surface area contributed by atoms with E-state index in [0.717, 1.165) is 27.6 Å². The Bertz CT molecular complexity index is 1120. The third-order valence-electron chi connectivity index (χ3n) is 4.30. The molecule has 0 fully saturated rings. The van der Waals surface area contributed by atoms with Crippen LogP contribution in [0.3, 0.4) is 0 Å². The molecule has 4 aromatic rings. The fourth-order valence-electron chi connectivity index (χ4n) is 2.96. The summed E-state index contributed by atoms with van der Waals surface area (Å²) in [5.74, 6) is -0.473. The van der Waals surface area contributed by atoms with Crippen LogP contribution in [0.4, 0.5) is 20.6 Å². The van der Waals surface area contributed by atoms with Crippen LogP contribution in [0.25, 0.3) is 22.0 Å². The molecular weight excluding hydrogens is 343 g/mol. The molecule has 3 N–H and O–H groups in total. The van der Waals surface area contributed by atoms with Crippen LogP contribution in [0.2, 0.25) is 0 Å². The lowest BCUT2D eigenvalue weighted by Gasteiger charge is -2.10. The highest BCUT2D eigenvalue weighted by atomic mass is 19.1. The predicted molar refractivity (Wildman–Crippen MR) is 105 cm³/mol. The number of hydrogen-bond donors (Lipinski definition) is 3.